The topological polar surface area (TPSA) is 78.7 Å². The Morgan fingerprint density at radius 2 is 2.05 bits per heavy atom. The maximum Gasteiger partial charge on any atom is 0.262 e. The molecule has 0 saturated carbocycles. The molecule has 0 aliphatic rings. The number of hydrogen-bond donors (Lipinski definition) is 1. The fraction of sp³-hybridized carbons (Fsp3) is 0.0667. The summed E-state index contributed by atoms with van der Waals surface area (Å²) in [5.41, 5.74) is 1.54. The highest BCUT2D eigenvalue weighted by atomic mass is 16.1. The monoisotopic (exact) mass is 264 g/mol. The Balaban J connectivity index is 2.03. The molecule has 0 radical (unpaired) electrons. The maximum absolute atomic E-state index is 11.9. The van der Waals surface area contributed by atoms with Crippen molar-refractivity contribution in [3.05, 3.63) is 65.8 Å². The largest absolute Gasteiger partial charge is 0.346 e. The molecule has 0 saturated heterocycles. The summed E-state index contributed by atoms with van der Waals surface area (Å²) in [7, 11) is 0. The molecule has 20 heavy (non-hydrogen) atoms. The minimum Gasteiger partial charge on any atom is -0.346 e. The standard InChI is InChI=1S/C15H12N4O/c16-10-13(9-12-4-7-17-8-5-12)15(20)19-11-14-3-1-2-6-18-14/h1-9H,11H2,(H,19,20)/b13-9+. The summed E-state index contributed by atoms with van der Waals surface area (Å²) in [4.78, 5) is 19.9. The minimum absolute atomic E-state index is 0.0483. The Morgan fingerprint density at radius 3 is 2.70 bits per heavy atom. The first-order chi connectivity index (χ1) is 9.79. The lowest BCUT2D eigenvalue weighted by Crippen LogP contribution is -2.24. The van der Waals surface area contributed by atoms with Gasteiger partial charge in [0.25, 0.3) is 5.91 Å². The van der Waals surface area contributed by atoms with Crippen molar-refractivity contribution < 1.29 is 4.79 Å². The molecule has 0 atom stereocenters. The number of rotatable bonds is 4. The van der Waals surface area contributed by atoms with Gasteiger partial charge >= 0.3 is 0 Å². The van der Waals surface area contributed by atoms with Gasteiger partial charge in [0.2, 0.25) is 0 Å². The predicted molar refractivity (Wildman–Crippen MR) is 73.9 cm³/mol. The molecule has 0 unspecified atom stereocenters. The Hall–Kier alpha value is -3.00. The molecule has 5 nitrogen and oxygen atoms in total. The van der Waals surface area contributed by atoms with Crippen molar-refractivity contribution in [2.75, 3.05) is 0 Å². The van der Waals surface area contributed by atoms with Crippen LogP contribution in [0.3, 0.4) is 0 Å². The summed E-state index contributed by atoms with van der Waals surface area (Å²) in [5, 5.41) is 11.7. The molecule has 2 aromatic heterocycles. The van der Waals surface area contributed by atoms with Gasteiger partial charge in [0, 0.05) is 18.6 Å². The molecular formula is C15H12N4O. The normalized spacial score (nSPS) is 10.7. The van der Waals surface area contributed by atoms with E-state index in [2.05, 4.69) is 15.3 Å². The average molecular weight is 264 g/mol. The molecule has 98 valence electrons. The number of hydrogen-bond acceptors (Lipinski definition) is 4. The molecule has 1 N–H and O–H groups in total. The summed E-state index contributed by atoms with van der Waals surface area (Å²) >= 11 is 0. The SMILES string of the molecule is N#C/C(=C\c1ccncc1)C(=O)NCc1ccccn1. The van der Waals surface area contributed by atoms with E-state index < -0.39 is 5.91 Å². The highest BCUT2D eigenvalue weighted by Crippen LogP contribution is 2.05. The Bertz CT molecular complexity index is 645. The second-order valence-electron chi connectivity index (χ2n) is 3.95. The molecule has 0 aliphatic carbocycles. The van der Waals surface area contributed by atoms with E-state index in [-0.39, 0.29) is 12.1 Å². The highest BCUT2D eigenvalue weighted by Gasteiger charge is 2.08. The van der Waals surface area contributed by atoms with Gasteiger partial charge in [-0.3, -0.25) is 14.8 Å². The molecule has 0 bridgehead atoms. The maximum atomic E-state index is 11.9. The van der Waals surface area contributed by atoms with E-state index in [1.165, 1.54) is 6.08 Å². The molecular weight excluding hydrogens is 252 g/mol. The van der Waals surface area contributed by atoms with E-state index in [4.69, 9.17) is 5.26 Å². The number of amides is 1. The molecule has 5 heteroatoms. The first kappa shape index (κ1) is 13.4. The van der Waals surface area contributed by atoms with Crippen LogP contribution < -0.4 is 5.32 Å². The third-order valence-electron chi connectivity index (χ3n) is 2.54. The van der Waals surface area contributed by atoms with Gasteiger partial charge in [-0.15, -0.1) is 0 Å². The van der Waals surface area contributed by atoms with Gasteiger partial charge in [-0.05, 0) is 35.9 Å². The zero-order valence-corrected chi connectivity index (χ0v) is 10.7. The van der Waals surface area contributed by atoms with Crippen LogP contribution in [-0.4, -0.2) is 15.9 Å². The van der Waals surface area contributed by atoms with E-state index in [0.717, 1.165) is 11.3 Å². The van der Waals surface area contributed by atoms with Crippen LogP contribution in [0.2, 0.25) is 0 Å². The minimum atomic E-state index is -0.421. The molecule has 2 aromatic rings. The molecule has 1 amide bonds. The molecule has 2 heterocycles. The van der Waals surface area contributed by atoms with Crippen LogP contribution in [0.25, 0.3) is 6.08 Å². The molecule has 0 fully saturated rings. The highest BCUT2D eigenvalue weighted by molar-refractivity contribution is 6.01. The molecule has 2 rings (SSSR count). The van der Waals surface area contributed by atoms with Gasteiger partial charge in [0.1, 0.15) is 11.6 Å². The quantitative estimate of drug-likeness (QED) is 0.673. The van der Waals surface area contributed by atoms with E-state index >= 15 is 0 Å². The number of carbonyl (C=O) groups excluding carboxylic acids is 1. The van der Waals surface area contributed by atoms with Crippen molar-refractivity contribution in [3.8, 4) is 6.07 Å². The summed E-state index contributed by atoms with van der Waals surface area (Å²) in [6.07, 6.45) is 6.38. The second kappa shape index (κ2) is 6.81. The second-order valence-corrected chi connectivity index (χ2v) is 3.95. The van der Waals surface area contributed by atoms with Gasteiger partial charge in [0.15, 0.2) is 0 Å². The lowest BCUT2D eigenvalue weighted by molar-refractivity contribution is -0.117. The number of aromatic nitrogens is 2. The number of nitrogens with zero attached hydrogens (tertiary/aromatic N) is 3. The average Bonchev–Trinajstić information content (AvgIpc) is 2.52. The Kier molecular flexibility index (Phi) is 4.57. The fourth-order valence-electron chi connectivity index (χ4n) is 1.54. The van der Waals surface area contributed by atoms with Gasteiger partial charge < -0.3 is 5.32 Å². The first-order valence-electron chi connectivity index (χ1n) is 5.99. The predicted octanol–water partition coefficient (Wildman–Crippen LogP) is 1.70. The van der Waals surface area contributed by atoms with E-state index in [1.54, 1.807) is 42.9 Å². The summed E-state index contributed by atoms with van der Waals surface area (Å²) < 4.78 is 0. The molecule has 0 aliphatic heterocycles. The number of nitrogens with one attached hydrogen (secondary N) is 1. The van der Waals surface area contributed by atoms with Gasteiger partial charge in [-0.1, -0.05) is 6.07 Å². The van der Waals surface area contributed by atoms with E-state index in [0.29, 0.717) is 0 Å². The van der Waals surface area contributed by atoms with Crippen LogP contribution in [0.5, 0.6) is 0 Å². The number of carbonyl (C=O) groups is 1. The summed E-state index contributed by atoms with van der Waals surface area (Å²) in [6.45, 7) is 0.287. The zero-order valence-electron chi connectivity index (χ0n) is 10.7. The summed E-state index contributed by atoms with van der Waals surface area (Å²) in [5.74, 6) is -0.421. The third-order valence-corrected chi connectivity index (χ3v) is 2.54. The lowest BCUT2D eigenvalue weighted by Gasteiger charge is -2.03. The van der Waals surface area contributed by atoms with Crippen LogP contribution in [0.1, 0.15) is 11.3 Å². The van der Waals surface area contributed by atoms with Crippen molar-refractivity contribution >= 4 is 12.0 Å². The van der Waals surface area contributed by atoms with Crippen LogP contribution in [0.15, 0.2) is 54.5 Å². The lowest BCUT2D eigenvalue weighted by atomic mass is 10.1. The van der Waals surface area contributed by atoms with Gasteiger partial charge in [-0.2, -0.15) is 5.26 Å². The van der Waals surface area contributed by atoms with Crippen LogP contribution >= 0.6 is 0 Å². The fourth-order valence-corrected chi connectivity index (χ4v) is 1.54. The van der Waals surface area contributed by atoms with Gasteiger partial charge in [0.05, 0.1) is 12.2 Å². The van der Waals surface area contributed by atoms with Gasteiger partial charge in [-0.25, -0.2) is 0 Å². The third kappa shape index (κ3) is 3.75. The van der Waals surface area contributed by atoms with Crippen LogP contribution in [0, 0.1) is 11.3 Å². The van der Waals surface area contributed by atoms with Crippen molar-refractivity contribution in [1.82, 2.24) is 15.3 Å². The van der Waals surface area contributed by atoms with Crippen molar-refractivity contribution in [1.29, 1.82) is 5.26 Å². The van der Waals surface area contributed by atoms with E-state index in [9.17, 15) is 4.79 Å². The zero-order chi connectivity index (χ0) is 14.2. The molecule has 0 aromatic carbocycles. The van der Waals surface area contributed by atoms with Crippen molar-refractivity contribution in [2.45, 2.75) is 6.54 Å². The van der Waals surface area contributed by atoms with Crippen LogP contribution in [0.4, 0.5) is 0 Å². The summed E-state index contributed by atoms with van der Waals surface area (Å²) in [6, 6.07) is 10.8. The van der Waals surface area contributed by atoms with E-state index in [1.807, 2.05) is 12.1 Å². The van der Waals surface area contributed by atoms with Crippen molar-refractivity contribution in [2.24, 2.45) is 0 Å². The first-order valence-corrected chi connectivity index (χ1v) is 5.99. The van der Waals surface area contributed by atoms with Crippen LogP contribution in [-0.2, 0) is 11.3 Å². The number of nitriles is 1. The van der Waals surface area contributed by atoms with Crippen molar-refractivity contribution in [3.63, 3.8) is 0 Å². The Morgan fingerprint density at radius 1 is 1.25 bits per heavy atom. The molecule has 0 spiro atoms. The Labute approximate surface area is 116 Å². The number of pyridine rings is 2. The smallest absolute Gasteiger partial charge is 0.262 e.